The van der Waals surface area contributed by atoms with Gasteiger partial charge in [-0.15, -0.1) is 0 Å². The SMILES string of the molecule is CC(C)CC(=O)N1CCN([C@@H](C(=O)N2CCCCC2)C2CCCC2)CC1. The Balaban J connectivity index is 1.62. The minimum atomic E-state index is 0.0537. The van der Waals surface area contributed by atoms with Crippen LogP contribution in [0.15, 0.2) is 0 Å². The van der Waals surface area contributed by atoms with Crippen molar-refractivity contribution in [3.8, 4) is 0 Å². The van der Waals surface area contributed by atoms with Gasteiger partial charge in [-0.3, -0.25) is 14.5 Å². The molecule has 0 bridgehead atoms. The van der Waals surface area contributed by atoms with Crippen molar-refractivity contribution in [2.75, 3.05) is 39.3 Å². The molecule has 0 unspecified atom stereocenters. The summed E-state index contributed by atoms with van der Waals surface area (Å²) in [6.45, 7) is 9.34. The zero-order chi connectivity index (χ0) is 18.5. The van der Waals surface area contributed by atoms with Gasteiger partial charge in [-0.1, -0.05) is 26.7 Å². The number of likely N-dealkylation sites (tertiary alicyclic amines) is 1. The van der Waals surface area contributed by atoms with Crippen LogP contribution in [0.5, 0.6) is 0 Å². The molecule has 0 radical (unpaired) electrons. The molecule has 2 amide bonds. The third-order valence-corrected chi connectivity index (χ3v) is 6.41. The molecule has 0 aromatic rings. The van der Waals surface area contributed by atoms with Crippen LogP contribution in [0.2, 0.25) is 0 Å². The van der Waals surface area contributed by atoms with Crippen LogP contribution in [0.1, 0.15) is 65.2 Å². The Kier molecular flexibility index (Phi) is 6.96. The number of carbonyl (C=O) groups excluding carboxylic acids is 2. The highest BCUT2D eigenvalue weighted by Gasteiger charge is 2.39. The molecular formula is C21H37N3O2. The first-order valence-corrected chi connectivity index (χ1v) is 10.9. The summed E-state index contributed by atoms with van der Waals surface area (Å²) in [5, 5.41) is 0. The minimum Gasteiger partial charge on any atom is -0.341 e. The molecule has 0 aromatic carbocycles. The number of carbonyl (C=O) groups is 2. The van der Waals surface area contributed by atoms with Crippen LogP contribution in [0, 0.1) is 11.8 Å². The predicted molar refractivity (Wildman–Crippen MR) is 104 cm³/mol. The molecule has 2 aliphatic heterocycles. The summed E-state index contributed by atoms with van der Waals surface area (Å²) < 4.78 is 0. The Morgan fingerprint density at radius 3 is 2.00 bits per heavy atom. The first-order chi connectivity index (χ1) is 12.6. The van der Waals surface area contributed by atoms with E-state index in [2.05, 4.69) is 23.6 Å². The van der Waals surface area contributed by atoms with Crippen molar-refractivity contribution in [1.29, 1.82) is 0 Å². The molecule has 0 aromatic heterocycles. The molecule has 5 nitrogen and oxygen atoms in total. The van der Waals surface area contributed by atoms with E-state index in [1.165, 1.54) is 32.1 Å². The van der Waals surface area contributed by atoms with E-state index in [0.29, 0.717) is 24.2 Å². The second kappa shape index (κ2) is 9.20. The number of piperazine rings is 1. The number of piperidine rings is 1. The average Bonchev–Trinajstić information content (AvgIpc) is 3.17. The molecule has 26 heavy (non-hydrogen) atoms. The van der Waals surface area contributed by atoms with Crippen molar-refractivity contribution in [2.45, 2.75) is 71.3 Å². The van der Waals surface area contributed by atoms with Crippen molar-refractivity contribution in [3.63, 3.8) is 0 Å². The van der Waals surface area contributed by atoms with Crippen molar-refractivity contribution in [1.82, 2.24) is 14.7 Å². The molecule has 1 atom stereocenters. The van der Waals surface area contributed by atoms with Crippen LogP contribution in [0.4, 0.5) is 0 Å². The van der Waals surface area contributed by atoms with Crippen LogP contribution < -0.4 is 0 Å². The van der Waals surface area contributed by atoms with Crippen molar-refractivity contribution >= 4 is 11.8 Å². The number of hydrogen-bond acceptors (Lipinski definition) is 3. The van der Waals surface area contributed by atoms with Gasteiger partial charge in [0.25, 0.3) is 0 Å². The summed E-state index contributed by atoms with van der Waals surface area (Å²) in [5.74, 6) is 1.58. The molecule has 0 N–H and O–H groups in total. The molecule has 5 heteroatoms. The van der Waals surface area contributed by atoms with E-state index in [-0.39, 0.29) is 11.9 Å². The topological polar surface area (TPSA) is 43.9 Å². The lowest BCUT2D eigenvalue weighted by atomic mass is 9.93. The first kappa shape index (κ1) is 19.7. The van der Waals surface area contributed by atoms with Crippen LogP contribution in [0.3, 0.4) is 0 Å². The van der Waals surface area contributed by atoms with Gasteiger partial charge in [-0.25, -0.2) is 0 Å². The van der Waals surface area contributed by atoms with Crippen molar-refractivity contribution < 1.29 is 9.59 Å². The molecule has 148 valence electrons. The van der Waals surface area contributed by atoms with Gasteiger partial charge in [-0.05, 0) is 43.9 Å². The van der Waals surface area contributed by atoms with Gasteiger partial charge in [0.05, 0.1) is 6.04 Å². The summed E-state index contributed by atoms with van der Waals surface area (Å²) in [6.07, 6.45) is 9.12. The first-order valence-electron chi connectivity index (χ1n) is 10.9. The summed E-state index contributed by atoms with van der Waals surface area (Å²) in [7, 11) is 0. The maximum Gasteiger partial charge on any atom is 0.240 e. The lowest BCUT2D eigenvalue weighted by molar-refractivity contribution is -0.142. The average molecular weight is 364 g/mol. The molecule has 0 spiro atoms. The lowest BCUT2D eigenvalue weighted by Gasteiger charge is -2.43. The van der Waals surface area contributed by atoms with E-state index in [0.717, 1.165) is 52.1 Å². The summed E-state index contributed by atoms with van der Waals surface area (Å²) >= 11 is 0. The molecule has 2 heterocycles. The van der Waals surface area contributed by atoms with Gasteiger partial charge in [0.15, 0.2) is 0 Å². The Labute approximate surface area is 159 Å². The van der Waals surface area contributed by atoms with Gasteiger partial charge in [0.1, 0.15) is 0 Å². The largest absolute Gasteiger partial charge is 0.341 e. The van der Waals surface area contributed by atoms with Gasteiger partial charge >= 0.3 is 0 Å². The normalized spacial score (nSPS) is 24.3. The number of amides is 2. The Morgan fingerprint density at radius 1 is 0.808 bits per heavy atom. The number of hydrogen-bond donors (Lipinski definition) is 0. The Hall–Kier alpha value is -1.10. The maximum atomic E-state index is 13.3. The summed E-state index contributed by atoms with van der Waals surface area (Å²) in [6, 6.07) is 0.0537. The summed E-state index contributed by atoms with van der Waals surface area (Å²) in [4.78, 5) is 32.2. The number of nitrogens with zero attached hydrogens (tertiary/aromatic N) is 3. The third-order valence-electron chi connectivity index (χ3n) is 6.41. The smallest absolute Gasteiger partial charge is 0.240 e. The van der Waals surface area contributed by atoms with E-state index in [9.17, 15) is 9.59 Å². The molecule has 3 aliphatic rings. The molecule has 1 aliphatic carbocycles. The van der Waals surface area contributed by atoms with E-state index >= 15 is 0 Å². The van der Waals surface area contributed by atoms with Crippen LogP contribution in [-0.2, 0) is 9.59 Å². The van der Waals surface area contributed by atoms with Gasteiger partial charge in [0.2, 0.25) is 11.8 Å². The quantitative estimate of drug-likeness (QED) is 0.754. The maximum absolute atomic E-state index is 13.3. The zero-order valence-electron chi connectivity index (χ0n) is 16.8. The second-order valence-electron chi connectivity index (χ2n) is 8.89. The predicted octanol–water partition coefficient (Wildman–Crippen LogP) is 2.75. The molecule has 2 saturated heterocycles. The highest BCUT2D eigenvalue weighted by atomic mass is 16.2. The zero-order valence-corrected chi connectivity index (χ0v) is 16.8. The Bertz CT molecular complexity index is 474. The van der Waals surface area contributed by atoms with E-state index in [1.807, 2.05) is 4.90 Å². The summed E-state index contributed by atoms with van der Waals surface area (Å²) in [5.41, 5.74) is 0. The fourth-order valence-corrected chi connectivity index (χ4v) is 4.96. The van der Waals surface area contributed by atoms with Crippen LogP contribution in [-0.4, -0.2) is 71.8 Å². The highest BCUT2D eigenvalue weighted by molar-refractivity contribution is 5.82. The van der Waals surface area contributed by atoms with Crippen LogP contribution in [0.25, 0.3) is 0 Å². The van der Waals surface area contributed by atoms with Gasteiger partial charge in [0, 0.05) is 45.7 Å². The molecular weight excluding hydrogens is 326 g/mol. The Morgan fingerprint density at radius 2 is 1.42 bits per heavy atom. The monoisotopic (exact) mass is 363 g/mol. The standard InChI is InChI=1S/C21H37N3O2/c1-17(2)16-19(25)22-12-14-23(15-13-22)20(18-8-4-5-9-18)21(26)24-10-6-3-7-11-24/h17-18,20H,3-16H2,1-2H3/t20-/m1/s1. The fraction of sp³-hybridized carbons (Fsp3) is 0.905. The van der Waals surface area contributed by atoms with E-state index in [4.69, 9.17) is 0 Å². The second-order valence-corrected chi connectivity index (χ2v) is 8.89. The third kappa shape index (κ3) is 4.79. The van der Waals surface area contributed by atoms with Crippen LogP contribution >= 0.6 is 0 Å². The molecule has 1 saturated carbocycles. The minimum absolute atomic E-state index is 0.0537. The highest BCUT2D eigenvalue weighted by Crippen LogP contribution is 2.32. The van der Waals surface area contributed by atoms with Crippen molar-refractivity contribution in [2.24, 2.45) is 11.8 Å². The number of rotatable bonds is 5. The van der Waals surface area contributed by atoms with Gasteiger partial charge < -0.3 is 9.80 Å². The van der Waals surface area contributed by atoms with E-state index in [1.54, 1.807) is 0 Å². The molecule has 3 fully saturated rings. The van der Waals surface area contributed by atoms with E-state index < -0.39 is 0 Å². The van der Waals surface area contributed by atoms with Crippen molar-refractivity contribution in [3.05, 3.63) is 0 Å². The fourth-order valence-electron chi connectivity index (χ4n) is 4.96. The van der Waals surface area contributed by atoms with Gasteiger partial charge in [-0.2, -0.15) is 0 Å². The molecule has 3 rings (SSSR count). The lowest BCUT2D eigenvalue weighted by Crippen LogP contribution is -2.59.